The molecule has 0 saturated carbocycles. The number of aromatic amines is 1. The van der Waals surface area contributed by atoms with Crippen LogP contribution in [0.25, 0.3) is 27.6 Å². The van der Waals surface area contributed by atoms with Crippen molar-refractivity contribution < 1.29 is 9.90 Å². The molecule has 0 atom stereocenters. The standard InChI is InChI=1S/C20H19N7O2/c1-26-11-23-15-3-2-13(8-17(15)26)24-18-14-9-16(25-19(14)22-10-21-18)12-4-6-27(7-5-12)20(28)29/h2-4,8-11H,5-7H2,1H3,(H,28,29)(H2,21,22,24,25). The largest absolute Gasteiger partial charge is 0.465 e. The summed E-state index contributed by atoms with van der Waals surface area (Å²) >= 11 is 0. The number of amides is 1. The number of anilines is 2. The number of nitrogens with one attached hydrogen (secondary N) is 2. The van der Waals surface area contributed by atoms with Crippen LogP contribution < -0.4 is 5.32 Å². The van der Waals surface area contributed by atoms with Crippen LogP contribution in [0.1, 0.15) is 12.1 Å². The zero-order valence-corrected chi connectivity index (χ0v) is 15.8. The number of rotatable bonds is 3. The topological polar surface area (TPSA) is 112 Å². The fourth-order valence-corrected chi connectivity index (χ4v) is 3.64. The number of nitrogens with zero attached hydrogens (tertiary/aromatic N) is 5. The third-order valence-corrected chi connectivity index (χ3v) is 5.24. The molecule has 0 bridgehead atoms. The van der Waals surface area contributed by atoms with E-state index < -0.39 is 6.09 Å². The summed E-state index contributed by atoms with van der Waals surface area (Å²) in [5.41, 5.74) is 5.65. The molecule has 4 heterocycles. The van der Waals surface area contributed by atoms with Gasteiger partial charge in [-0.1, -0.05) is 6.08 Å². The van der Waals surface area contributed by atoms with E-state index in [4.69, 9.17) is 5.11 Å². The van der Waals surface area contributed by atoms with E-state index in [0.29, 0.717) is 25.3 Å². The molecule has 9 heteroatoms. The normalized spacial score (nSPS) is 14.4. The second-order valence-corrected chi connectivity index (χ2v) is 7.06. The smallest absolute Gasteiger partial charge is 0.407 e. The fourth-order valence-electron chi connectivity index (χ4n) is 3.64. The molecule has 5 rings (SSSR count). The second kappa shape index (κ2) is 6.62. The van der Waals surface area contributed by atoms with Gasteiger partial charge in [0.15, 0.2) is 0 Å². The number of imidazole rings is 1. The number of hydrogen-bond acceptors (Lipinski definition) is 5. The SMILES string of the molecule is Cn1cnc2ccc(Nc3ncnc4[nH]c(C5=CCN(C(=O)O)CC5)cc34)cc21. The van der Waals surface area contributed by atoms with E-state index in [1.165, 1.54) is 11.2 Å². The van der Waals surface area contributed by atoms with Gasteiger partial charge < -0.3 is 24.9 Å². The lowest BCUT2D eigenvalue weighted by atomic mass is 10.1. The van der Waals surface area contributed by atoms with Gasteiger partial charge in [0, 0.05) is 31.5 Å². The van der Waals surface area contributed by atoms with Gasteiger partial charge in [0.1, 0.15) is 17.8 Å². The monoisotopic (exact) mass is 389 g/mol. The average molecular weight is 389 g/mol. The Morgan fingerprint density at radius 2 is 2.14 bits per heavy atom. The summed E-state index contributed by atoms with van der Waals surface area (Å²) in [6.07, 6.45) is 5.03. The second-order valence-electron chi connectivity index (χ2n) is 7.06. The predicted molar refractivity (Wildman–Crippen MR) is 110 cm³/mol. The van der Waals surface area contributed by atoms with E-state index in [0.717, 1.165) is 39.0 Å². The molecule has 0 fully saturated rings. The molecule has 0 aliphatic carbocycles. The first-order valence-electron chi connectivity index (χ1n) is 9.27. The van der Waals surface area contributed by atoms with Gasteiger partial charge in [0.05, 0.1) is 22.7 Å². The highest BCUT2D eigenvalue weighted by atomic mass is 16.4. The summed E-state index contributed by atoms with van der Waals surface area (Å²) < 4.78 is 1.97. The number of benzene rings is 1. The van der Waals surface area contributed by atoms with Gasteiger partial charge in [-0.15, -0.1) is 0 Å². The molecule has 3 aromatic heterocycles. The number of aromatic nitrogens is 5. The highest BCUT2D eigenvalue weighted by Gasteiger charge is 2.18. The van der Waals surface area contributed by atoms with Gasteiger partial charge in [-0.05, 0) is 36.3 Å². The molecule has 0 unspecified atom stereocenters. The van der Waals surface area contributed by atoms with Crippen LogP contribution in [0, 0.1) is 0 Å². The molecule has 9 nitrogen and oxygen atoms in total. The summed E-state index contributed by atoms with van der Waals surface area (Å²) in [6, 6.07) is 8.00. The molecule has 4 aromatic rings. The van der Waals surface area contributed by atoms with Crippen molar-refractivity contribution >= 4 is 45.2 Å². The molecule has 3 N–H and O–H groups in total. The van der Waals surface area contributed by atoms with E-state index in [2.05, 4.69) is 25.3 Å². The molecular weight excluding hydrogens is 370 g/mol. The Morgan fingerprint density at radius 3 is 2.93 bits per heavy atom. The first-order chi connectivity index (χ1) is 14.1. The van der Waals surface area contributed by atoms with Crippen molar-refractivity contribution in [2.24, 2.45) is 7.05 Å². The van der Waals surface area contributed by atoms with E-state index in [1.54, 1.807) is 6.33 Å². The average Bonchev–Trinajstić information content (AvgIpc) is 3.33. The number of H-pyrrole nitrogens is 1. The molecule has 0 saturated heterocycles. The van der Waals surface area contributed by atoms with E-state index in [-0.39, 0.29) is 0 Å². The summed E-state index contributed by atoms with van der Waals surface area (Å²) in [4.78, 5) is 28.9. The van der Waals surface area contributed by atoms with E-state index in [1.807, 2.05) is 42.0 Å². The summed E-state index contributed by atoms with van der Waals surface area (Å²) in [5, 5.41) is 13.4. The van der Waals surface area contributed by atoms with Crippen LogP contribution in [0.15, 0.2) is 43.0 Å². The highest BCUT2D eigenvalue weighted by molar-refractivity contribution is 5.93. The Labute approximate surface area is 165 Å². The molecular formula is C20H19N7O2. The van der Waals surface area contributed by atoms with Crippen LogP contribution in [0.2, 0.25) is 0 Å². The molecule has 1 aromatic carbocycles. The minimum atomic E-state index is -0.889. The third-order valence-electron chi connectivity index (χ3n) is 5.24. The number of aryl methyl sites for hydroxylation is 1. The van der Waals surface area contributed by atoms with E-state index in [9.17, 15) is 4.79 Å². The van der Waals surface area contributed by atoms with Crippen LogP contribution in [0.5, 0.6) is 0 Å². The van der Waals surface area contributed by atoms with Crippen molar-refractivity contribution in [3.63, 3.8) is 0 Å². The van der Waals surface area contributed by atoms with Crippen molar-refractivity contribution in [1.82, 2.24) is 29.4 Å². The van der Waals surface area contributed by atoms with Crippen LogP contribution in [0.4, 0.5) is 16.3 Å². The molecule has 1 amide bonds. The van der Waals surface area contributed by atoms with Crippen LogP contribution in [0.3, 0.4) is 0 Å². The number of fused-ring (bicyclic) bond motifs is 2. The van der Waals surface area contributed by atoms with E-state index >= 15 is 0 Å². The predicted octanol–water partition coefficient (Wildman–Crippen LogP) is 3.36. The lowest BCUT2D eigenvalue weighted by Crippen LogP contribution is -2.33. The summed E-state index contributed by atoms with van der Waals surface area (Å²) in [7, 11) is 1.96. The Hall–Kier alpha value is -3.88. The minimum absolute atomic E-state index is 0.390. The minimum Gasteiger partial charge on any atom is -0.465 e. The zero-order valence-electron chi connectivity index (χ0n) is 15.8. The molecule has 0 radical (unpaired) electrons. The van der Waals surface area contributed by atoms with Gasteiger partial charge in [0.25, 0.3) is 0 Å². The van der Waals surface area contributed by atoms with Crippen molar-refractivity contribution in [3.05, 3.63) is 48.7 Å². The van der Waals surface area contributed by atoms with Crippen molar-refractivity contribution in [3.8, 4) is 0 Å². The van der Waals surface area contributed by atoms with Gasteiger partial charge in [-0.2, -0.15) is 0 Å². The lowest BCUT2D eigenvalue weighted by Gasteiger charge is -2.23. The summed E-state index contributed by atoms with van der Waals surface area (Å²) in [5.74, 6) is 0.711. The lowest BCUT2D eigenvalue weighted by molar-refractivity contribution is 0.150. The first kappa shape index (κ1) is 17.2. The fraction of sp³-hybridized carbons (Fsp3) is 0.200. The van der Waals surface area contributed by atoms with Crippen molar-refractivity contribution in [1.29, 1.82) is 0 Å². The molecule has 1 aliphatic heterocycles. The Balaban J connectivity index is 1.47. The maximum atomic E-state index is 11.1. The third kappa shape index (κ3) is 3.06. The number of hydrogen-bond donors (Lipinski definition) is 3. The zero-order chi connectivity index (χ0) is 20.0. The van der Waals surface area contributed by atoms with Crippen molar-refractivity contribution in [2.45, 2.75) is 6.42 Å². The number of carbonyl (C=O) groups is 1. The van der Waals surface area contributed by atoms with Gasteiger partial charge >= 0.3 is 6.09 Å². The van der Waals surface area contributed by atoms with Gasteiger partial charge in [-0.3, -0.25) is 0 Å². The van der Waals surface area contributed by atoms with Gasteiger partial charge in [0.2, 0.25) is 0 Å². The molecule has 146 valence electrons. The van der Waals surface area contributed by atoms with Crippen molar-refractivity contribution in [2.75, 3.05) is 18.4 Å². The van der Waals surface area contributed by atoms with Gasteiger partial charge in [-0.25, -0.2) is 19.7 Å². The van der Waals surface area contributed by atoms with Crippen LogP contribution in [-0.4, -0.2) is 53.7 Å². The van der Waals surface area contributed by atoms with Crippen LogP contribution in [-0.2, 0) is 7.05 Å². The quantitative estimate of drug-likeness (QED) is 0.495. The Morgan fingerprint density at radius 1 is 1.24 bits per heavy atom. The molecule has 29 heavy (non-hydrogen) atoms. The molecule has 0 spiro atoms. The summed E-state index contributed by atoms with van der Waals surface area (Å²) in [6.45, 7) is 0.875. The Bertz CT molecular complexity index is 1270. The maximum absolute atomic E-state index is 11.1. The number of carboxylic acid groups (broad SMARTS) is 1. The highest BCUT2D eigenvalue weighted by Crippen LogP contribution is 2.29. The molecule has 1 aliphatic rings. The van der Waals surface area contributed by atoms with Crippen LogP contribution >= 0.6 is 0 Å². The first-order valence-corrected chi connectivity index (χ1v) is 9.27. The Kier molecular flexibility index (Phi) is 3.94. The maximum Gasteiger partial charge on any atom is 0.407 e.